The SMILES string of the molecule is CCN1CCCC[C@H]1CNC(=O)c1c(OC)ccc(F)c1F. The number of amides is 1. The summed E-state index contributed by atoms with van der Waals surface area (Å²) in [7, 11) is 1.32. The van der Waals surface area contributed by atoms with E-state index in [-0.39, 0.29) is 17.4 Å². The quantitative estimate of drug-likeness (QED) is 0.908. The number of ether oxygens (including phenoxy) is 1. The fraction of sp³-hybridized carbons (Fsp3) is 0.562. The lowest BCUT2D eigenvalue weighted by Gasteiger charge is -2.34. The zero-order chi connectivity index (χ0) is 16.1. The van der Waals surface area contributed by atoms with Crippen LogP contribution in [0.3, 0.4) is 0 Å². The molecule has 1 fully saturated rings. The van der Waals surface area contributed by atoms with E-state index >= 15 is 0 Å². The number of likely N-dealkylation sites (N-methyl/N-ethyl adjacent to an activating group) is 1. The second kappa shape index (κ2) is 7.54. The fourth-order valence-electron chi connectivity index (χ4n) is 2.92. The standard InChI is InChI=1S/C16H22F2N2O2/c1-3-20-9-5-4-6-11(20)10-19-16(21)14-13(22-2)8-7-12(17)15(14)18/h7-8,11H,3-6,9-10H2,1-2H3,(H,19,21)/t11-/m0/s1. The van der Waals surface area contributed by atoms with E-state index in [1.54, 1.807) is 0 Å². The highest BCUT2D eigenvalue weighted by molar-refractivity contribution is 5.97. The minimum absolute atomic E-state index is 0.0346. The zero-order valence-corrected chi connectivity index (χ0v) is 13.0. The van der Waals surface area contributed by atoms with Gasteiger partial charge in [0.15, 0.2) is 11.6 Å². The van der Waals surface area contributed by atoms with Crippen molar-refractivity contribution in [3.8, 4) is 5.75 Å². The van der Waals surface area contributed by atoms with Crippen molar-refractivity contribution in [1.29, 1.82) is 0 Å². The third-order valence-corrected chi connectivity index (χ3v) is 4.16. The first-order chi connectivity index (χ1) is 10.6. The van der Waals surface area contributed by atoms with Crippen LogP contribution in [-0.4, -0.2) is 43.6 Å². The molecule has 1 heterocycles. The Morgan fingerprint density at radius 2 is 2.18 bits per heavy atom. The van der Waals surface area contributed by atoms with E-state index < -0.39 is 17.5 Å². The van der Waals surface area contributed by atoms with Crippen LogP contribution >= 0.6 is 0 Å². The summed E-state index contributed by atoms with van der Waals surface area (Å²) in [6.45, 7) is 4.42. The summed E-state index contributed by atoms with van der Waals surface area (Å²) in [4.78, 5) is 14.5. The number of rotatable bonds is 5. The van der Waals surface area contributed by atoms with Crippen molar-refractivity contribution >= 4 is 5.91 Å². The molecular weight excluding hydrogens is 290 g/mol. The zero-order valence-electron chi connectivity index (χ0n) is 13.0. The summed E-state index contributed by atoms with van der Waals surface area (Å²) in [6.07, 6.45) is 3.27. The third kappa shape index (κ3) is 3.55. The molecule has 1 atom stereocenters. The van der Waals surface area contributed by atoms with Crippen molar-refractivity contribution in [3.05, 3.63) is 29.3 Å². The number of methoxy groups -OCH3 is 1. The predicted octanol–water partition coefficient (Wildman–Crippen LogP) is 2.58. The summed E-state index contributed by atoms with van der Waals surface area (Å²) >= 11 is 0. The number of hydrogen-bond acceptors (Lipinski definition) is 3. The number of halogens is 2. The number of carbonyl (C=O) groups is 1. The molecule has 2 rings (SSSR count). The van der Waals surface area contributed by atoms with E-state index in [1.807, 2.05) is 0 Å². The van der Waals surface area contributed by atoms with Crippen molar-refractivity contribution in [1.82, 2.24) is 10.2 Å². The topological polar surface area (TPSA) is 41.6 Å². The van der Waals surface area contributed by atoms with Crippen LogP contribution < -0.4 is 10.1 Å². The van der Waals surface area contributed by atoms with E-state index in [9.17, 15) is 13.6 Å². The molecule has 0 aliphatic carbocycles. The molecular formula is C16H22F2N2O2. The summed E-state index contributed by atoms with van der Waals surface area (Å²) in [6, 6.07) is 2.45. The van der Waals surface area contributed by atoms with Gasteiger partial charge in [-0.3, -0.25) is 9.69 Å². The number of benzene rings is 1. The lowest BCUT2D eigenvalue weighted by atomic mass is 10.0. The first-order valence-corrected chi connectivity index (χ1v) is 7.62. The van der Waals surface area contributed by atoms with Crippen LogP contribution in [0.25, 0.3) is 0 Å². The number of hydrogen-bond donors (Lipinski definition) is 1. The molecule has 122 valence electrons. The average molecular weight is 312 g/mol. The van der Waals surface area contributed by atoms with Gasteiger partial charge in [-0.1, -0.05) is 13.3 Å². The molecule has 1 saturated heterocycles. The van der Waals surface area contributed by atoms with Crippen LogP contribution in [0.5, 0.6) is 5.75 Å². The van der Waals surface area contributed by atoms with E-state index in [0.29, 0.717) is 6.54 Å². The van der Waals surface area contributed by atoms with Gasteiger partial charge in [-0.2, -0.15) is 0 Å². The second-order valence-corrected chi connectivity index (χ2v) is 5.43. The number of carbonyl (C=O) groups excluding carboxylic acids is 1. The first kappa shape index (κ1) is 16.7. The number of nitrogens with zero attached hydrogens (tertiary/aromatic N) is 1. The maximum atomic E-state index is 13.9. The molecule has 0 bridgehead atoms. The highest BCUT2D eigenvalue weighted by Crippen LogP contribution is 2.23. The summed E-state index contributed by atoms with van der Waals surface area (Å²) < 4.78 is 32.2. The number of likely N-dealkylation sites (tertiary alicyclic amines) is 1. The highest BCUT2D eigenvalue weighted by atomic mass is 19.2. The Bertz CT molecular complexity index is 537. The molecule has 1 aliphatic heterocycles. The Morgan fingerprint density at radius 1 is 1.41 bits per heavy atom. The van der Waals surface area contributed by atoms with Crippen molar-refractivity contribution < 1.29 is 18.3 Å². The molecule has 1 aliphatic rings. The summed E-state index contributed by atoms with van der Waals surface area (Å²) in [5.41, 5.74) is -0.374. The minimum Gasteiger partial charge on any atom is -0.496 e. The molecule has 1 aromatic carbocycles. The van der Waals surface area contributed by atoms with E-state index in [4.69, 9.17) is 4.74 Å². The molecule has 6 heteroatoms. The van der Waals surface area contributed by atoms with Crippen LogP contribution in [-0.2, 0) is 0 Å². The fourth-order valence-corrected chi connectivity index (χ4v) is 2.92. The largest absolute Gasteiger partial charge is 0.496 e. The molecule has 22 heavy (non-hydrogen) atoms. The monoisotopic (exact) mass is 312 g/mol. The van der Waals surface area contributed by atoms with Crippen LogP contribution in [0.1, 0.15) is 36.5 Å². The third-order valence-electron chi connectivity index (χ3n) is 4.16. The van der Waals surface area contributed by atoms with Gasteiger partial charge in [0.2, 0.25) is 0 Å². The molecule has 0 saturated carbocycles. The van der Waals surface area contributed by atoms with Gasteiger partial charge < -0.3 is 10.1 Å². The van der Waals surface area contributed by atoms with Crippen LogP contribution in [0, 0.1) is 11.6 Å². The summed E-state index contributed by atoms with van der Waals surface area (Å²) in [5, 5.41) is 2.71. The van der Waals surface area contributed by atoms with Crippen LogP contribution in [0.4, 0.5) is 8.78 Å². The van der Waals surface area contributed by atoms with Crippen molar-refractivity contribution in [2.45, 2.75) is 32.2 Å². The normalized spacial score (nSPS) is 19.0. The lowest BCUT2D eigenvalue weighted by molar-refractivity contribution is 0.0909. The van der Waals surface area contributed by atoms with E-state index in [2.05, 4.69) is 17.1 Å². The molecule has 0 spiro atoms. The molecule has 0 unspecified atom stereocenters. The maximum absolute atomic E-state index is 13.9. The lowest BCUT2D eigenvalue weighted by Crippen LogP contribution is -2.46. The second-order valence-electron chi connectivity index (χ2n) is 5.43. The van der Waals surface area contributed by atoms with Gasteiger partial charge in [-0.25, -0.2) is 8.78 Å². The molecule has 0 radical (unpaired) electrons. The van der Waals surface area contributed by atoms with Crippen molar-refractivity contribution in [2.75, 3.05) is 26.7 Å². The van der Waals surface area contributed by atoms with Gasteiger partial charge in [0.25, 0.3) is 5.91 Å². The van der Waals surface area contributed by atoms with Gasteiger partial charge >= 0.3 is 0 Å². The Morgan fingerprint density at radius 3 is 2.86 bits per heavy atom. The molecule has 4 nitrogen and oxygen atoms in total. The number of piperidine rings is 1. The Hall–Kier alpha value is -1.69. The Balaban J connectivity index is 2.08. The van der Waals surface area contributed by atoms with Gasteiger partial charge in [0.05, 0.1) is 7.11 Å². The minimum atomic E-state index is -1.17. The molecule has 1 N–H and O–H groups in total. The molecule has 1 aromatic rings. The van der Waals surface area contributed by atoms with Crippen LogP contribution in [0.2, 0.25) is 0 Å². The van der Waals surface area contributed by atoms with Gasteiger partial charge in [-0.15, -0.1) is 0 Å². The Kier molecular flexibility index (Phi) is 5.71. The van der Waals surface area contributed by atoms with Gasteiger partial charge in [0.1, 0.15) is 11.3 Å². The number of nitrogens with one attached hydrogen (secondary N) is 1. The average Bonchev–Trinajstić information content (AvgIpc) is 2.55. The smallest absolute Gasteiger partial charge is 0.258 e. The highest BCUT2D eigenvalue weighted by Gasteiger charge is 2.24. The molecule has 1 amide bonds. The Labute approximate surface area is 129 Å². The molecule has 0 aromatic heterocycles. The van der Waals surface area contributed by atoms with Gasteiger partial charge in [0, 0.05) is 12.6 Å². The maximum Gasteiger partial charge on any atom is 0.258 e. The van der Waals surface area contributed by atoms with Gasteiger partial charge in [-0.05, 0) is 38.1 Å². The first-order valence-electron chi connectivity index (χ1n) is 7.62. The van der Waals surface area contributed by atoms with E-state index in [1.165, 1.54) is 13.2 Å². The van der Waals surface area contributed by atoms with Crippen molar-refractivity contribution in [2.24, 2.45) is 0 Å². The van der Waals surface area contributed by atoms with Crippen molar-refractivity contribution in [3.63, 3.8) is 0 Å². The van der Waals surface area contributed by atoms with Crippen LogP contribution in [0.15, 0.2) is 12.1 Å². The predicted molar refractivity (Wildman–Crippen MR) is 80.1 cm³/mol. The van der Waals surface area contributed by atoms with E-state index in [0.717, 1.165) is 38.4 Å². The summed E-state index contributed by atoms with van der Waals surface area (Å²) in [5.74, 6) is -2.84.